The summed E-state index contributed by atoms with van der Waals surface area (Å²) in [6.07, 6.45) is -0.00550. The first-order valence-corrected chi connectivity index (χ1v) is 6.91. The number of benzene rings is 1. The summed E-state index contributed by atoms with van der Waals surface area (Å²) in [5.41, 5.74) is 0.314. The van der Waals surface area contributed by atoms with Crippen molar-refractivity contribution in [3.63, 3.8) is 0 Å². The number of rotatable bonds is 2. The van der Waals surface area contributed by atoms with Crippen molar-refractivity contribution in [3.05, 3.63) is 37.4 Å². The molecule has 1 unspecified atom stereocenters. The van der Waals surface area contributed by atoms with Crippen LogP contribution in [0.1, 0.15) is 17.3 Å². The summed E-state index contributed by atoms with van der Waals surface area (Å²) < 4.78 is 6.10. The van der Waals surface area contributed by atoms with Gasteiger partial charge in [-0.3, -0.25) is 14.9 Å². The van der Waals surface area contributed by atoms with Crippen LogP contribution in [0.2, 0.25) is 0 Å². The number of hydrogen-bond donors (Lipinski definition) is 0. The quantitative estimate of drug-likeness (QED) is 0.450. The summed E-state index contributed by atoms with van der Waals surface area (Å²) >= 11 is 2.02. The van der Waals surface area contributed by atoms with Crippen LogP contribution in [0.3, 0.4) is 0 Å². The molecule has 1 amide bonds. The maximum absolute atomic E-state index is 12.4. The van der Waals surface area contributed by atoms with Gasteiger partial charge in [-0.05, 0) is 35.6 Å². The number of amides is 1. The van der Waals surface area contributed by atoms with Crippen molar-refractivity contribution in [2.24, 2.45) is 0 Å². The van der Waals surface area contributed by atoms with Gasteiger partial charge < -0.3 is 9.64 Å². The average molecular weight is 376 g/mol. The predicted molar refractivity (Wildman–Crippen MR) is 77.1 cm³/mol. The van der Waals surface area contributed by atoms with E-state index >= 15 is 0 Å². The molecule has 0 saturated carbocycles. The number of carbonyl (C=O) groups excluding carboxylic acids is 1. The molecule has 7 heteroatoms. The van der Waals surface area contributed by atoms with Crippen molar-refractivity contribution in [2.45, 2.75) is 13.0 Å². The van der Waals surface area contributed by atoms with Gasteiger partial charge in [0.1, 0.15) is 0 Å². The van der Waals surface area contributed by atoms with Crippen molar-refractivity contribution in [1.82, 2.24) is 4.90 Å². The molecule has 1 aromatic carbocycles. The summed E-state index contributed by atoms with van der Waals surface area (Å²) in [7, 11) is 0. The number of nitrogens with zero attached hydrogens (tertiary/aromatic N) is 2. The summed E-state index contributed by atoms with van der Waals surface area (Å²) in [4.78, 5) is 24.3. The summed E-state index contributed by atoms with van der Waals surface area (Å²) in [6, 6.07) is 4.33. The van der Waals surface area contributed by atoms with E-state index in [2.05, 4.69) is 0 Å². The highest BCUT2D eigenvalue weighted by Gasteiger charge is 2.25. The van der Waals surface area contributed by atoms with Crippen LogP contribution in [0, 0.1) is 13.7 Å². The van der Waals surface area contributed by atoms with Gasteiger partial charge in [-0.1, -0.05) is 0 Å². The van der Waals surface area contributed by atoms with Gasteiger partial charge >= 0.3 is 0 Å². The van der Waals surface area contributed by atoms with Crippen LogP contribution < -0.4 is 0 Å². The number of hydrogen-bond acceptors (Lipinski definition) is 4. The van der Waals surface area contributed by atoms with E-state index in [0.717, 1.165) is 0 Å². The van der Waals surface area contributed by atoms with Crippen LogP contribution in [-0.2, 0) is 4.74 Å². The molecule has 0 spiro atoms. The zero-order valence-electron chi connectivity index (χ0n) is 10.3. The molecule has 1 aliphatic rings. The first-order chi connectivity index (χ1) is 8.99. The molecule has 1 heterocycles. The molecular weight excluding hydrogens is 363 g/mol. The van der Waals surface area contributed by atoms with Gasteiger partial charge in [-0.2, -0.15) is 0 Å². The van der Waals surface area contributed by atoms with Crippen molar-refractivity contribution in [2.75, 3.05) is 19.7 Å². The van der Waals surface area contributed by atoms with Gasteiger partial charge in [-0.15, -0.1) is 0 Å². The molecule has 102 valence electrons. The lowest BCUT2D eigenvalue weighted by atomic mass is 10.1. The molecule has 1 aromatic rings. The van der Waals surface area contributed by atoms with E-state index in [1.54, 1.807) is 11.0 Å². The second-order valence-electron chi connectivity index (χ2n) is 4.35. The minimum atomic E-state index is -0.491. The second kappa shape index (κ2) is 5.83. The number of ether oxygens (including phenoxy) is 1. The summed E-state index contributed by atoms with van der Waals surface area (Å²) in [5.74, 6) is -0.178. The minimum Gasteiger partial charge on any atom is -0.375 e. The fraction of sp³-hybridized carbons (Fsp3) is 0.417. The maximum atomic E-state index is 12.4. The van der Waals surface area contributed by atoms with Gasteiger partial charge in [0.05, 0.1) is 23.2 Å². The van der Waals surface area contributed by atoms with Gasteiger partial charge in [0.2, 0.25) is 0 Å². The van der Waals surface area contributed by atoms with Gasteiger partial charge in [0, 0.05) is 28.8 Å². The maximum Gasteiger partial charge on any atom is 0.270 e. The third-order valence-corrected chi connectivity index (χ3v) is 3.86. The SMILES string of the molecule is CC1CN(C(=O)c2cc([N+](=O)[O-])ccc2I)CCO1. The molecule has 0 bridgehead atoms. The molecule has 2 rings (SSSR count). The van der Waals surface area contributed by atoms with Crippen LogP contribution in [0.25, 0.3) is 0 Å². The molecule has 1 fully saturated rings. The van der Waals surface area contributed by atoms with Gasteiger partial charge in [0.15, 0.2) is 0 Å². The van der Waals surface area contributed by atoms with Crippen molar-refractivity contribution >= 4 is 34.2 Å². The first kappa shape index (κ1) is 14.2. The molecule has 1 aliphatic heterocycles. The highest BCUT2D eigenvalue weighted by atomic mass is 127. The smallest absolute Gasteiger partial charge is 0.270 e. The molecule has 0 N–H and O–H groups in total. The van der Waals surface area contributed by atoms with Crippen molar-refractivity contribution in [3.8, 4) is 0 Å². The molecule has 6 nitrogen and oxygen atoms in total. The van der Waals surface area contributed by atoms with E-state index in [1.165, 1.54) is 12.1 Å². The van der Waals surface area contributed by atoms with E-state index in [1.807, 2.05) is 29.5 Å². The molecule has 19 heavy (non-hydrogen) atoms. The Labute approximate surface area is 124 Å². The highest BCUT2D eigenvalue weighted by molar-refractivity contribution is 14.1. The third-order valence-electron chi connectivity index (χ3n) is 2.92. The molecule has 0 radical (unpaired) electrons. The lowest BCUT2D eigenvalue weighted by molar-refractivity contribution is -0.384. The van der Waals surface area contributed by atoms with Crippen molar-refractivity contribution in [1.29, 1.82) is 0 Å². The topological polar surface area (TPSA) is 72.7 Å². The lowest BCUT2D eigenvalue weighted by Crippen LogP contribution is -2.44. The number of carbonyl (C=O) groups is 1. The first-order valence-electron chi connectivity index (χ1n) is 5.84. The molecule has 1 atom stereocenters. The normalized spacial score (nSPS) is 19.3. The Balaban J connectivity index is 2.27. The predicted octanol–water partition coefficient (Wildman–Crippen LogP) is 2.06. The number of nitro groups is 1. The third kappa shape index (κ3) is 3.21. The Kier molecular flexibility index (Phi) is 4.35. The summed E-state index contributed by atoms with van der Waals surface area (Å²) in [5, 5.41) is 10.8. The largest absolute Gasteiger partial charge is 0.375 e. The van der Waals surface area contributed by atoms with Crippen LogP contribution in [0.4, 0.5) is 5.69 Å². The fourth-order valence-electron chi connectivity index (χ4n) is 1.96. The molecule has 0 aliphatic carbocycles. The molecular formula is C12H13IN2O4. The fourth-order valence-corrected chi connectivity index (χ4v) is 2.53. The van der Waals surface area contributed by atoms with Gasteiger partial charge in [-0.25, -0.2) is 0 Å². The van der Waals surface area contributed by atoms with Crippen LogP contribution in [0.5, 0.6) is 0 Å². The van der Waals surface area contributed by atoms with E-state index in [9.17, 15) is 14.9 Å². The van der Waals surface area contributed by atoms with E-state index in [-0.39, 0.29) is 17.7 Å². The van der Waals surface area contributed by atoms with E-state index < -0.39 is 4.92 Å². The van der Waals surface area contributed by atoms with Crippen LogP contribution >= 0.6 is 22.6 Å². The number of non-ortho nitro benzene ring substituents is 1. The van der Waals surface area contributed by atoms with Crippen LogP contribution in [-0.4, -0.2) is 41.5 Å². The number of halogens is 1. The van der Waals surface area contributed by atoms with E-state index in [0.29, 0.717) is 28.8 Å². The Morgan fingerprint density at radius 2 is 2.32 bits per heavy atom. The van der Waals surface area contributed by atoms with Gasteiger partial charge in [0.25, 0.3) is 11.6 Å². The zero-order chi connectivity index (χ0) is 14.0. The Bertz CT molecular complexity index is 520. The Hall–Kier alpha value is -1.22. The molecule has 0 aromatic heterocycles. The standard InChI is InChI=1S/C12H13IN2O4/c1-8-7-14(4-5-19-8)12(16)10-6-9(15(17)18)2-3-11(10)13/h2-3,6,8H,4-5,7H2,1H3. The number of nitro benzene ring substituents is 1. The lowest BCUT2D eigenvalue weighted by Gasteiger charge is -2.31. The minimum absolute atomic E-state index is 0.00550. The summed E-state index contributed by atoms with van der Waals surface area (Å²) in [6.45, 7) is 3.43. The monoisotopic (exact) mass is 376 g/mol. The van der Waals surface area contributed by atoms with Crippen LogP contribution in [0.15, 0.2) is 18.2 Å². The zero-order valence-corrected chi connectivity index (χ0v) is 12.5. The van der Waals surface area contributed by atoms with E-state index in [4.69, 9.17) is 4.74 Å². The number of morpholine rings is 1. The Morgan fingerprint density at radius 3 is 2.95 bits per heavy atom. The Morgan fingerprint density at radius 1 is 1.58 bits per heavy atom. The average Bonchev–Trinajstić information content (AvgIpc) is 2.38. The second-order valence-corrected chi connectivity index (χ2v) is 5.52. The van der Waals surface area contributed by atoms with Crippen molar-refractivity contribution < 1.29 is 14.5 Å². The molecule has 1 saturated heterocycles. The highest BCUT2D eigenvalue weighted by Crippen LogP contribution is 2.22.